The first-order chi connectivity index (χ1) is 11.1. The minimum absolute atomic E-state index is 0.190. The van der Waals surface area contributed by atoms with Crippen LogP contribution in [0.1, 0.15) is 39.7 Å². The lowest BCUT2D eigenvalue weighted by molar-refractivity contribution is -0.143. The minimum Gasteiger partial charge on any atom is -0.481 e. The molecule has 1 amide bonds. The molecule has 1 rings (SSSR count). The molecule has 0 radical (unpaired) electrons. The van der Waals surface area contributed by atoms with Crippen LogP contribution in [0.5, 0.6) is 5.75 Å². The van der Waals surface area contributed by atoms with Crippen molar-refractivity contribution in [2.75, 3.05) is 6.61 Å². The van der Waals surface area contributed by atoms with Gasteiger partial charge in [-0.2, -0.15) is 0 Å². The predicted molar refractivity (Wildman–Crippen MR) is 91.2 cm³/mol. The number of carbonyl (C=O) groups excluding carboxylic acids is 1. The molecule has 0 fully saturated rings. The zero-order valence-electron chi connectivity index (χ0n) is 15.0. The van der Waals surface area contributed by atoms with Crippen LogP contribution in [-0.2, 0) is 14.3 Å². The van der Waals surface area contributed by atoms with Crippen LogP contribution in [0.4, 0.5) is 0 Å². The molecule has 0 spiro atoms. The number of carbonyl (C=O) groups is 2. The molecular formula is C18H27NO5. The Hall–Kier alpha value is -2.08. The summed E-state index contributed by atoms with van der Waals surface area (Å²) in [5.74, 6) is -1.01. The Morgan fingerprint density at radius 2 is 1.79 bits per heavy atom. The summed E-state index contributed by atoms with van der Waals surface area (Å²) in [5.41, 5.74) is 0.735. The van der Waals surface area contributed by atoms with E-state index >= 15 is 0 Å². The monoisotopic (exact) mass is 337 g/mol. The van der Waals surface area contributed by atoms with Crippen molar-refractivity contribution in [3.63, 3.8) is 0 Å². The average molecular weight is 337 g/mol. The highest BCUT2D eigenvalue weighted by Gasteiger charge is 2.24. The molecule has 1 aromatic rings. The molecule has 0 saturated carbocycles. The smallest absolute Gasteiger partial charge is 0.326 e. The predicted octanol–water partition coefficient (Wildman–Crippen LogP) is 2.54. The fourth-order valence-electron chi connectivity index (χ4n) is 1.90. The Labute approximate surface area is 143 Å². The molecule has 1 aromatic carbocycles. The first-order valence-corrected chi connectivity index (χ1v) is 7.99. The molecule has 24 heavy (non-hydrogen) atoms. The van der Waals surface area contributed by atoms with Gasteiger partial charge in [-0.1, -0.05) is 17.7 Å². The molecule has 2 atom stereocenters. The van der Waals surface area contributed by atoms with Crippen LogP contribution in [0, 0.1) is 6.92 Å². The number of benzene rings is 1. The van der Waals surface area contributed by atoms with E-state index in [4.69, 9.17) is 9.47 Å². The van der Waals surface area contributed by atoms with Crippen molar-refractivity contribution in [3.05, 3.63) is 29.8 Å². The van der Waals surface area contributed by atoms with Gasteiger partial charge in [0.25, 0.3) is 5.91 Å². The third-order valence-electron chi connectivity index (χ3n) is 3.26. The van der Waals surface area contributed by atoms with Crippen LogP contribution in [-0.4, -0.2) is 41.3 Å². The molecule has 6 nitrogen and oxygen atoms in total. The first-order valence-electron chi connectivity index (χ1n) is 7.99. The number of carboxylic acids is 1. The molecule has 0 aromatic heterocycles. The zero-order valence-corrected chi connectivity index (χ0v) is 15.0. The van der Waals surface area contributed by atoms with Crippen LogP contribution in [0.15, 0.2) is 24.3 Å². The molecule has 0 aliphatic rings. The summed E-state index contributed by atoms with van der Waals surface area (Å²) in [6.07, 6.45) is -0.603. The van der Waals surface area contributed by atoms with Gasteiger partial charge >= 0.3 is 5.97 Å². The topological polar surface area (TPSA) is 84.9 Å². The second-order valence-electron chi connectivity index (χ2n) is 6.72. The van der Waals surface area contributed by atoms with E-state index in [1.807, 2.05) is 39.8 Å². The van der Waals surface area contributed by atoms with Gasteiger partial charge in [0.05, 0.1) is 5.60 Å². The lowest BCUT2D eigenvalue weighted by Crippen LogP contribution is -2.47. The Bertz CT molecular complexity index is 548. The fraction of sp³-hybridized carbons (Fsp3) is 0.556. The highest BCUT2D eigenvalue weighted by Crippen LogP contribution is 2.13. The number of hydrogen-bond donors (Lipinski definition) is 2. The molecule has 134 valence electrons. The van der Waals surface area contributed by atoms with Gasteiger partial charge in [-0.25, -0.2) is 4.79 Å². The number of ether oxygens (including phenoxy) is 2. The Kier molecular flexibility index (Phi) is 7.22. The normalized spacial score (nSPS) is 13.9. The van der Waals surface area contributed by atoms with Crippen LogP contribution < -0.4 is 10.1 Å². The van der Waals surface area contributed by atoms with E-state index in [0.717, 1.165) is 5.56 Å². The largest absolute Gasteiger partial charge is 0.481 e. The lowest BCUT2D eigenvalue weighted by atomic mass is 10.1. The summed E-state index contributed by atoms with van der Waals surface area (Å²) in [7, 11) is 0. The maximum Gasteiger partial charge on any atom is 0.326 e. The Morgan fingerprint density at radius 3 is 2.29 bits per heavy atom. The van der Waals surface area contributed by atoms with Crippen molar-refractivity contribution >= 4 is 11.9 Å². The summed E-state index contributed by atoms with van der Waals surface area (Å²) in [6, 6.07) is 6.28. The van der Waals surface area contributed by atoms with Gasteiger partial charge < -0.3 is 19.9 Å². The maximum absolute atomic E-state index is 12.1. The van der Waals surface area contributed by atoms with Crippen molar-refractivity contribution in [1.29, 1.82) is 0 Å². The van der Waals surface area contributed by atoms with Crippen molar-refractivity contribution in [1.82, 2.24) is 5.32 Å². The minimum atomic E-state index is -1.09. The second kappa shape index (κ2) is 8.68. The number of rotatable bonds is 8. The van der Waals surface area contributed by atoms with Crippen molar-refractivity contribution in [2.45, 2.75) is 58.8 Å². The number of aryl methyl sites for hydroxylation is 1. The number of amides is 1. The van der Waals surface area contributed by atoms with Gasteiger partial charge in [0.15, 0.2) is 6.10 Å². The van der Waals surface area contributed by atoms with E-state index in [1.165, 1.54) is 0 Å². The van der Waals surface area contributed by atoms with E-state index in [-0.39, 0.29) is 18.6 Å². The number of carboxylic acid groups (broad SMARTS) is 1. The van der Waals surface area contributed by atoms with Crippen LogP contribution in [0.25, 0.3) is 0 Å². The first kappa shape index (κ1) is 20.0. The summed E-state index contributed by atoms with van der Waals surface area (Å²) >= 11 is 0. The van der Waals surface area contributed by atoms with Gasteiger partial charge in [-0.15, -0.1) is 0 Å². The second-order valence-corrected chi connectivity index (χ2v) is 6.72. The third-order valence-corrected chi connectivity index (χ3v) is 3.26. The molecule has 2 N–H and O–H groups in total. The number of nitrogens with one attached hydrogen (secondary N) is 1. The van der Waals surface area contributed by atoms with Crippen LogP contribution in [0.2, 0.25) is 0 Å². The average Bonchev–Trinajstić information content (AvgIpc) is 2.47. The van der Waals surface area contributed by atoms with Gasteiger partial charge in [-0.3, -0.25) is 4.79 Å². The highest BCUT2D eigenvalue weighted by atomic mass is 16.5. The summed E-state index contributed by atoms with van der Waals surface area (Å²) in [5, 5.41) is 11.7. The molecule has 0 aliphatic carbocycles. The molecular weight excluding hydrogens is 310 g/mol. The Morgan fingerprint density at radius 1 is 1.21 bits per heavy atom. The van der Waals surface area contributed by atoms with E-state index in [9.17, 15) is 14.7 Å². The van der Waals surface area contributed by atoms with Crippen molar-refractivity contribution < 1.29 is 24.2 Å². The van der Waals surface area contributed by atoms with Crippen molar-refractivity contribution in [2.24, 2.45) is 0 Å². The quantitative estimate of drug-likeness (QED) is 0.761. The van der Waals surface area contributed by atoms with E-state index in [0.29, 0.717) is 5.75 Å². The van der Waals surface area contributed by atoms with E-state index < -0.39 is 24.0 Å². The molecule has 2 unspecified atom stereocenters. The fourth-order valence-corrected chi connectivity index (χ4v) is 1.90. The van der Waals surface area contributed by atoms with Gasteiger partial charge in [0, 0.05) is 13.0 Å². The van der Waals surface area contributed by atoms with Gasteiger partial charge in [-0.05, 0) is 46.8 Å². The Balaban J connectivity index is 2.54. The molecule has 0 aliphatic heterocycles. The van der Waals surface area contributed by atoms with Crippen LogP contribution >= 0.6 is 0 Å². The van der Waals surface area contributed by atoms with Crippen LogP contribution in [0.3, 0.4) is 0 Å². The third kappa shape index (κ3) is 7.46. The molecule has 6 heteroatoms. The van der Waals surface area contributed by atoms with E-state index in [2.05, 4.69) is 5.32 Å². The standard InChI is InChI=1S/C18H27NO5/c1-12-6-8-14(9-7-12)24-13(2)16(20)19-15(17(21)22)10-11-23-18(3,4)5/h6-9,13,15H,10-11H2,1-5H3,(H,19,20)(H,21,22). The molecule has 0 heterocycles. The maximum atomic E-state index is 12.1. The number of hydrogen-bond acceptors (Lipinski definition) is 4. The summed E-state index contributed by atoms with van der Waals surface area (Å²) in [6.45, 7) is 9.45. The summed E-state index contributed by atoms with van der Waals surface area (Å²) < 4.78 is 11.0. The molecule has 0 bridgehead atoms. The summed E-state index contributed by atoms with van der Waals surface area (Å²) in [4.78, 5) is 23.4. The van der Waals surface area contributed by atoms with E-state index in [1.54, 1.807) is 19.1 Å². The van der Waals surface area contributed by atoms with Gasteiger partial charge in [0.2, 0.25) is 0 Å². The lowest BCUT2D eigenvalue weighted by Gasteiger charge is -2.22. The SMILES string of the molecule is Cc1ccc(OC(C)C(=O)NC(CCOC(C)(C)C)C(=O)O)cc1. The highest BCUT2D eigenvalue weighted by molar-refractivity contribution is 5.86. The molecule has 0 saturated heterocycles. The van der Waals surface area contributed by atoms with Crippen molar-refractivity contribution in [3.8, 4) is 5.75 Å². The zero-order chi connectivity index (χ0) is 18.3. The number of aliphatic carboxylic acids is 1. The van der Waals surface area contributed by atoms with Gasteiger partial charge in [0.1, 0.15) is 11.8 Å².